The van der Waals surface area contributed by atoms with E-state index in [9.17, 15) is 9.59 Å². The van der Waals surface area contributed by atoms with Gasteiger partial charge in [0.05, 0.1) is 24.3 Å². The molecule has 0 saturated carbocycles. The first-order valence-corrected chi connectivity index (χ1v) is 22.4. The fraction of sp³-hybridized carbons (Fsp3) is 0.167. The van der Waals surface area contributed by atoms with E-state index in [1.54, 1.807) is 49.1 Å². The number of halogens is 1. The molecule has 0 radical (unpaired) electrons. The van der Waals surface area contributed by atoms with Gasteiger partial charge in [-0.05, 0) is 119 Å². The van der Waals surface area contributed by atoms with E-state index in [0.29, 0.717) is 76.0 Å². The number of aryl methyl sites for hydroxylation is 2. The maximum Gasteiger partial charge on any atom is 0.488 e. The third kappa shape index (κ3) is 11.7. The topological polar surface area (TPSA) is 204 Å². The summed E-state index contributed by atoms with van der Waals surface area (Å²) in [6, 6.07) is 40.9. The van der Waals surface area contributed by atoms with Crippen LogP contribution >= 0.6 is 22.6 Å². The average Bonchev–Trinajstić information content (AvgIpc) is 4.03. The summed E-state index contributed by atoms with van der Waals surface area (Å²) in [5.74, 6) is 2.91. The van der Waals surface area contributed by atoms with Gasteiger partial charge >= 0.3 is 7.12 Å². The molecule has 66 heavy (non-hydrogen) atoms. The summed E-state index contributed by atoms with van der Waals surface area (Å²) in [5.41, 5.74) is 4.85. The lowest BCUT2D eigenvalue weighted by Gasteiger charge is -2.15. The normalized spacial score (nSPS) is 13.4. The SMILES string of the molecule is O=C1Nc2cccc(n2)-c2nncn2CCCCOc2ccc(-c3ccccc3)cc21.O=C1Nc2cccc(n2)-c2nncn2CCCCOc2ccc(I)cc21.OB(O)c1ccccc1. The molecule has 0 aliphatic carbocycles. The Morgan fingerprint density at radius 3 is 1.61 bits per heavy atom. The average molecular weight is 995 g/mol. The van der Waals surface area contributed by atoms with E-state index in [0.717, 1.165) is 53.5 Å². The minimum absolute atomic E-state index is 0.248. The van der Waals surface area contributed by atoms with Crippen molar-refractivity contribution in [3.63, 3.8) is 0 Å². The van der Waals surface area contributed by atoms with Crippen molar-refractivity contribution in [3.8, 4) is 45.7 Å². The maximum atomic E-state index is 13.2. The molecule has 16 nitrogen and oxygen atoms in total. The van der Waals surface area contributed by atoms with Crippen LogP contribution < -0.4 is 25.6 Å². The van der Waals surface area contributed by atoms with Crippen LogP contribution in [0.1, 0.15) is 46.4 Å². The summed E-state index contributed by atoms with van der Waals surface area (Å²) < 4.78 is 16.8. The fourth-order valence-electron chi connectivity index (χ4n) is 7.07. The molecule has 0 saturated heterocycles. The largest absolute Gasteiger partial charge is 0.493 e. The number of amides is 2. The molecule has 8 aromatic rings. The van der Waals surface area contributed by atoms with Crippen LogP contribution in [-0.4, -0.2) is 81.7 Å². The van der Waals surface area contributed by atoms with E-state index in [1.165, 1.54) is 0 Å². The molecule has 2 aliphatic heterocycles. The molecular formula is C48H44BIN10O6. The number of hydrogen-bond donors (Lipinski definition) is 4. The van der Waals surface area contributed by atoms with Gasteiger partial charge in [0.2, 0.25) is 0 Å². The standard InChI is InChI=1S/C24H21N5O2.C18H16IN5O2.C6H7BO2/c30-24-19-15-18(17-7-2-1-3-8-17)11-12-21(19)31-14-5-4-13-29-16-25-28-23(29)20-9-6-10-22(26-20)27-24;19-12-6-7-15-13(10-12)18(25)22-16-5-3-4-14(21-16)17-23-20-11-24(17)8-1-2-9-26-15;8-7(9)6-4-2-1-3-5-6/h1-3,6-12,15-16H,4-5,13-14H2,(H,26,27,30);3-7,10-11H,1-2,8-9H2,(H,21,22,25);1-5,8-9H. The van der Waals surface area contributed by atoms with E-state index in [2.05, 4.69) is 63.6 Å². The highest BCUT2D eigenvalue weighted by Gasteiger charge is 2.19. The Hall–Kier alpha value is -7.29. The summed E-state index contributed by atoms with van der Waals surface area (Å²) in [6.45, 7) is 2.61. The van der Waals surface area contributed by atoms with E-state index < -0.39 is 7.12 Å². The molecule has 6 heterocycles. The third-order valence-corrected chi connectivity index (χ3v) is 11.1. The van der Waals surface area contributed by atoms with Crippen molar-refractivity contribution in [2.24, 2.45) is 0 Å². The Morgan fingerprint density at radius 1 is 0.561 bits per heavy atom. The van der Waals surface area contributed by atoms with Crippen molar-refractivity contribution in [2.75, 3.05) is 23.8 Å². The minimum atomic E-state index is -1.34. The lowest BCUT2D eigenvalue weighted by Crippen LogP contribution is -2.29. The molecule has 332 valence electrons. The Labute approximate surface area is 394 Å². The summed E-state index contributed by atoms with van der Waals surface area (Å²) >= 11 is 2.18. The van der Waals surface area contributed by atoms with Crippen LogP contribution in [0.5, 0.6) is 11.5 Å². The second kappa shape index (κ2) is 22.1. The molecule has 4 aromatic carbocycles. The molecular weight excluding hydrogens is 950 g/mol. The van der Waals surface area contributed by atoms with Gasteiger partial charge in [-0.2, -0.15) is 0 Å². The van der Waals surface area contributed by atoms with Gasteiger partial charge < -0.3 is 39.3 Å². The number of pyridine rings is 2. The predicted molar refractivity (Wildman–Crippen MR) is 259 cm³/mol. The quantitative estimate of drug-likeness (QED) is 0.101. The van der Waals surface area contributed by atoms with Crippen LogP contribution in [0.15, 0.2) is 146 Å². The van der Waals surface area contributed by atoms with E-state index >= 15 is 0 Å². The first-order chi connectivity index (χ1) is 32.3. The van der Waals surface area contributed by atoms with Crippen LogP contribution in [0.4, 0.5) is 11.6 Å². The minimum Gasteiger partial charge on any atom is -0.493 e. The molecule has 0 unspecified atom stereocenters. The highest BCUT2D eigenvalue weighted by atomic mass is 127. The van der Waals surface area contributed by atoms with Gasteiger partial charge in [-0.15, -0.1) is 20.4 Å². The highest BCUT2D eigenvalue weighted by molar-refractivity contribution is 14.1. The number of ether oxygens (including phenoxy) is 2. The fourth-order valence-corrected chi connectivity index (χ4v) is 7.56. The third-order valence-electron chi connectivity index (χ3n) is 10.4. The Bertz CT molecular complexity index is 2900. The van der Waals surface area contributed by atoms with Crippen molar-refractivity contribution in [1.82, 2.24) is 39.5 Å². The van der Waals surface area contributed by atoms with Gasteiger partial charge in [0.25, 0.3) is 11.8 Å². The van der Waals surface area contributed by atoms with Crippen molar-refractivity contribution in [3.05, 3.63) is 161 Å². The van der Waals surface area contributed by atoms with Crippen molar-refractivity contribution < 1.29 is 29.1 Å². The molecule has 4 bridgehead atoms. The number of anilines is 2. The number of aromatic nitrogens is 8. The number of carbonyl (C=O) groups is 2. The summed E-state index contributed by atoms with van der Waals surface area (Å²) in [5, 5.41) is 39.3. The number of carbonyl (C=O) groups excluding carboxylic acids is 2. The molecule has 0 spiro atoms. The Morgan fingerprint density at radius 2 is 1.08 bits per heavy atom. The zero-order chi connectivity index (χ0) is 45.7. The molecule has 4 N–H and O–H groups in total. The summed E-state index contributed by atoms with van der Waals surface area (Å²) in [4.78, 5) is 35.1. The van der Waals surface area contributed by atoms with Gasteiger partial charge in [0.1, 0.15) is 47.2 Å². The number of nitrogens with one attached hydrogen (secondary N) is 2. The lowest BCUT2D eigenvalue weighted by atomic mass is 9.81. The van der Waals surface area contributed by atoms with Gasteiger partial charge in [-0.25, -0.2) is 9.97 Å². The molecule has 18 heteroatoms. The van der Waals surface area contributed by atoms with Gasteiger partial charge in [-0.3, -0.25) is 9.59 Å². The summed E-state index contributed by atoms with van der Waals surface area (Å²) in [7, 11) is -1.34. The maximum absolute atomic E-state index is 13.2. The van der Waals surface area contributed by atoms with E-state index in [4.69, 9.17) is 19.5 Å². The van der Waals surface area contributed by atoms with E-state index in [-0.39, 0.29) is 11.8 Å². The van der Waals surface area contributed by atoms with Crippen molar-refractivity contribution >= 4 is 58.6 Å². The van der Waals surface area contributed by atoms with Crippen LogP contribution in [-0.2, 0) is 13.1 Å². The predicted octanol–water partition coefficient (Wildman–Crippen LogP) is 7.17. The zero-order valence-electron chi connectivity index (χ0n) is 35.6. The second-order valence-corrected chi connectivity index (χ2v) is 16.3. The lowest BCUT2D eigenvalue weighted by molar-refractivity contribution is 0.101. The number of nitrogens with zero attached hydrogens (tertiary/aromatic N) is 8. The number of hydrogen-bond acceptors (Lipinski definition) is 12. The molecule has 4 aromatic heterocycles. The molecule has 10 rings (SSSR count). The number of fused-ring (bicyclic) bond motifs is 10. The summed E-state index contributed by atoms with van der Waals surface area (Å²) in [6.07, 6.45) is 6.91. The first kappa shape index (κ1) is 45.3. The molecule has 0 fully saturated rings. The molecule has 2 amide bonds. The molecule has 2 aliphatic rings. The Balaban J connectivity index is 0.000000153. The van der Waals surface area contributed by atoms with Crippen LogP contribution in [0.3, 0.4) is 0 Å². The van der Waals surface area contributed by atoms with Crippen LogP contribution in [0.2, 0.25) is 0 Å². The van der Waals surface area contributed by atoms with Gasteiger partial charge in [-0.1, -0.05) is 78.9 Å². The Kier molecular flexibility index (Phi) is 15.1. The van der Waals surface area contributed by atoms with Crippen LogP contribution in [0.25, 0.3) is 34.2 Å². The second-order valence-electron chi connectivity index (χ2n) is 15.0. The van der Waals surface area contributed by atoms with E-state index in [1.807, 2.05) is 106 Å². The number of benzene rings is 4. The monoisotopic (exact) mass is 994 g/mol. The van der Waals surface area contributed by atoms with Gasteiger partial charge in [0.15, 0.2) is 11.6 Å². The van der Waals surface area contributed by atoms with Crippen LogP contribution in [0, 0.1) is 3.57 Å². The number of rotatable bonds is 2. The smallest absolute Gasteiger partial charge is 0.488 e. The molecule has 0 atom stereocenters. The first-order valence-electron chi connectivity index (χ1n) is 21.3. The zero-order valence-corrected chi connectivity index (χ0v) is 37.7. The van der Waals surface area contributed by atoms with Gasteiger partial charge in [0, 0.05) is 16.7 Å². The van der Waals surface area contributed by atoms with Crippen molar-refractivity contribution in [2.45, 2.75) is 38.8 Å². The van der Waals surface area contributed by atoms with Crippen molar-refractivity contribution in [1.29, 1.82) is 0 Å². The highest BCUT2D eigenvalue weighted by Crippen LogP contribution is 2.29.